The average Bonchev–Trinajstić information content (AvgIpc) is 3.09. The summed E-state index contributed by atoms with van der Waals surface area (Å²) in [5.74, 6) is 0. The number of hydrogen-bond acceptors (Lipinski definition) is 3. The van der Waals surface area contributed by atoms with Crippen LogP contribution in [0.2, 0.25) is 0 Å². The van der Waals surface area contributed by atoms with Crippen LogP contribution in [0.3, 0.4) is 0 Å². The molecule has 0 bridgehead atoms. The molecule has 1 aliphatic carbocycles. The number of hydrogen-bond donors (Lipinski definition) is 1. The molecule has 4 nitrogen and oxygen atoms in total. The SMILES string of the molecule is O=c1ccc(-c2ccc3c(c2)CCCC3)nn1C1CCNC1. The van der Waals surface area contributed by atoms with Gasteiger partial charge in [0.1, 0.15) is 0 Å². The first-order chi connectivity index (χ1) is 10.8. The van der Waals surface area contributed by atoms with Crippen molar-refractivity contribution >= 4 is 0 Å². The van der Waals surface area contributed by atoms with Crippen molar-refractivity contribution in [3.05, 3.63) is 51.8 Å². The first-order valence-corrected chi connectivity index (χ1v) is 8.24. The summed E-state index contributed by atoms with van der Waals surface area (Å²) in [7, 11) is 0. The van der Waals surface area contributed by atoms with E-state index in [9.17, 15) is 4.79 Å². The normalized spacial score (nSPS) is 20.8. The van der Waals surface area contributed by atoms with Gasteiger partial charge >= 0.3 is 0 Å². The van der Waals surface area contributed by atoms with Crippen molar-refractivity contribution in [2.24, 2.45) is 0 Å². The molecule has 0 radical (unpaired) electrons. The summed E-state index contributed by atoms with van der Waals surface area (Å²) in [4.78, 5) is 12.1. The minimum Gasteiger partial charge on any atom is -0.315 e. The predicted molar refractivity (Wildman–Crippen MR) is 87.1 cm³/mol. The standard InChI is InChI=1S/C18H21N3O/c22-18-8-7-17(20-21(18)16-9-10-19-12-16)15-6-5-13-3-1-2-4-14(13)11-15/h5-8,11,16,19H,1-4,9-10,12H2. The minimum atomic E-state index is -0.00425. The summed E-state index contributed by atoms with van der Waals surface area (Å²) in [6.07, 6.45) is 5.90. The van der Waals surface area contributed by atoms with Gasteiger partial charge in [0.05, 0.1) is 11.7 Å². The number of nitrogens with zero attached hydrogens (tertiary/aromatic N) is 2. The lowest BCUT2D eigenvalue weighted by molar-refractivity contribution is 0.467. The summed E-state index contributed by atoms with van der Waals surface area (Å²) >= 11 is 0. The molecule has 1 saturated heterocycles. The third-order valence-corrected chi connectivity index (χ3v) is 4.85. The van der Waals surface area contributed by atoms with Crippen molar-refractivity contribution in [1.82, 2.24) is 15.1 Å². The largest absolute Gasteiger partial charge is 0.315 e. The maximum absolute atomic E-state index is 12.1. The van der Waals surface area contributed by atoms with Gasteiger partial charge in [-0.3, -0.25) is 4.79 Å². The number of aromatic nitrogens is 2. The maximum Gasteiger partial charge on any atom is 0.267 e. The molecule has 1 N–H and O–H groups in total. The first kappa shape index (κ1) is 13.7. The number of fused-ring (bicyclic) bond motifs is 1. The predicted octanol–water partition coefficient (Wildman–Crippen LogP) is 2.32. The Morgan fingerprint density at radius 2 is 1.95 bits per heavy atom. The minimum absolute atomic E-state index is 0.00425. The van der Waals surface area contributed by atoms with Crippen LogP contribution in [0, 0.1) is 0 Å². The van der Waals surface area contributed by atoms with E-state index in [0.717, 1.165) is 37.2 Å². The fourth-order valence-electron chi connectivity index (χ4n) is 3.58. The van der Waals surface area contributed by atoms with Gasteiger partial charge in [-0.25, -0.2) is 4.68 Å². The first-order valence-electron chi connectivity index (χ1n) is 8.24. The van der Waals surface area contributed by atoms with Crippen LogP contribution in [0.1, 0.15) is 36.4 Å². The van der Waals surface area contributed by atoms with Crippen LogP contribution >= 0.6 is 0 Å². The highest BCUT2D eigenvalue weighted by Crippen LogP contribution is 2.26. The summed E-state index contributed by atoms with van der Waals surface area (Å²) < 4.78 is 1.66. The molecule has 1 fully saturated rings. The maximum atomic E-state index is 12.1. The van der Waals surface area contributed by atoms with Crippen molar-refractivity contribution in [2.45, 2.75) is 38.1 Å². The fourth-order valence-corrected chi connectivity index (χ4v) is 3.58. The Bertz CT molecular complexity index is 744. The molecule has 4 heteroatoms. The van der Waals surface area contributed by atoms with Crippen LogP contribution in [0.5, 0.6) is 0 Å². The Morgan fingerprint density at radius 3 is 2.77 bits per heavy atom. The molecule has 1 unspecified atom stereocenters. The van der Waals surface area contributed by atoms with Crippen molar-refractivity contribution < 1.29 is 0 Å². The van der Waals surface area contributed by atoms with Gasteiger partial charge in [0.25, 0.3) is 5.56 Å². The highest BCUT2D eigenvalue weighted by atomic mass is 16.1. The van der Waals surface area contributed by atoms with E-state index in [1.54, 1.807) is 10.7 Å². The van der Waals surface area contributed by atoms with Crippen molar-refractivity contribution in [2.75, 3.05) is 13.1 Å². The van der Waals surface area contributed by atoms with Crippen LogP contribution in [0.4, 0.5) is 0 Å². The van der Waals surface area contributed by atoms with Gasteiger partial charge in [-0.1, -0.05) is 12.1 Å². The summed E-state index contributed by atoms with van der Waals surface area (Å²) in [5.41, 5.74) is 4.95. The lowest BCUT2D eigenvalue weighted by atomic mass is 9.90. The zero-order valence-electron chi connectivity index (χ0n) is 12.7. The Labute approximate surface area is 130 Å². The lowest BCUT2D eigenvalue weighted by Gasteiger charge is -2.17. The van der Waals surface area contributed by atoms with Crippen molar-refractivity contribution in [3.63, 3.8) is 0 Å². The molecule has 2 aliphatic rings. The van der Waals surface area contributed by atoms with E-state index in [2.05, 4.69) is 28.6 Å². The topological polar surface area (TPSA) is 46.9 Å². The van der Waals surface area contributed by atoms with Gasteiger partial charge in [0.2, 0.25) is 0 Å². The zero-order valence-corrected chi connectivity index (χ0v) is 12.7. The smallest absolute Gasteiger partial charge is 0.267 e. The van der Waals surface area contributed by atoms with Gasteiger partial charge < -0.3 is 5.32 Å². The Morgan fingerprint density at radius 1 is 1.09 bits per heavy atom. The molecule has 22 heavy (non-hydrogen) atoms. The van der Waals surface area contributed by atoms with Crippen LogP contribution in [0.25, 0.3) is 11.3 Å². The van der Waals surface area contributed by atoms with E-state index in [1.165, 1.54) is 30.4 Å². The van der Waals surface area contributed by atoms with E-state index < -0.39 is 0 Å². The summed E-state index contributed by atoms with van der Waals surface area (Å²) in [6, 6.07) is 10.3. The van der Waals surface area contributed by atoms with Gasteiger partial charge in [-0.15, -0.1) is 0 Å². The van der Waals surface area contributed by atoms with Gasteiger partial charge in [-0.2, -0.15) is 5.10 Å². The van der Waals surface area contributed by atoms with Crippen molar-refractivity contribution in [1.29, 1.82) is 0 Å². The molecule has 0 amide bonds. The molecule has 1 aromatic carbocycles. The zero-order chi connectivity index (χ0) is 14.9. The summed E-state index contributed by atoms with van der Waals surface area (Å²) in [6.45, 7) is 1.79. The third-order valence-electron chi connectivity index (χ3n) is 4.85. The van der Waals surface area contributed by atoms with E-state index in [-0.39, 0.29) is 11.6 Å². The third kappa shape index (κ3) is 2.48. The van der Waals surface area contributed by atoms with E-state index in [4.69, 9.17) is 0 Å². The number of aryl methyl sites for hydroxylation is 2. The van der Waals surface area contributed by atoms with Crippen LogP contribution in [-0.2, 0) is 12.8 Å². The molecule has 1 atom stereocenters. The molecule has 2 aromatic rings. The highest BCUT2D eigenvalue weighted by molar-refractivity contribution is 5.60. The summed E-state index contributed by atoms with van der Waals surface area (Å²) in [5, 5.41) is 7.94. The molecular formula is C18H21N3O. The second-order valence-electron chi connectivity index (χ2n) is 6.34. The van der Waals surface area contributed by atoms with Crippen LogP contribution in [0.15, 0.2) is 35.1 Å². The molecule has 114 valence electrons. The van der Waals surface area contributed by atoms with Crippen LogP contribution < -0.4 is 10.9 Å². The molecule has 1 aliphatic heterocycles. The van der Waals surface area contributed by atoms with Crippen molar-refractivity contribution in [3.8, 4) is 11.3 Å². The van der Waals surface area contributed by atoms with E-state index in [1.807, 2.05) is 6.07 Å². The monoisotopic (exact) mass is 295 g/mol. The molecule has 0 saturated carbocycles. The number of nitrogens with one attached hydrogen (secondary N) is 1. The number of rotatable bonds is 2. The molecular weight excluding hydrogens is 274 g/mol. The van der Waals surface area contributed by atoms with E-state index >= 15 is 0 Å². The quantitative estimate of drug-likeness (QED) is 0.925. The average molecular weight is 295 g/mol. The fraction of sp³-hybridized carbons (Fsp3) is 0.444. The molecule has 0 spiro atoms. The van der Waals surface area contributed by atoms with Gasteiger partial charge in [-0.05, 0) is 61.9 Å². The van der Waals surface area contributed by atoms with Gasteiger partial charge in [0, 0.05) is 18.2 Å². The second-order valence-corrected chi connectivity index (χ2v) is 6.34. The Hall–Kier alpha value is -1.94. The number of benzene rings is 1. The molecule has 1 aromatic heterocycles. The second kappa shape index (κ2) is 5.69. The Kier molecular flexibility index (Phi) is 3.54. The van der Waals surface area contributed by atoms with E-state index in [0.29, 0.717) is 0 Å². The van der Waals surface area contributed by atoms with Gasteiger partial charge in [0.15, 0.2) is 0 Å². The Balaban J connectivity index is 1.73. The molecule has 4 rings (SSSR count). The van der Waals surface area contributed by atoms with Crippen LogP contribution in [-0.4, -0.2) is 22.9 Å². The lowest BCUT2D eigenvalue weighted by Crippen LogP contribution is -2.28. The molecule has 2 heterocycles. The highest BCUT2D eigenvalue weighted by Gasteiger charge is 2.19.